The highest BCUT2D eigenvalue weighted by atomic mass is 16.7. The van der Waals surface area contributed by atoms with E-state index in [4.69, 9.17) is 47.4 Å². The average Bonchev–Trinajstić information content (AvgIpc) is 3.31. The first-order valence-corrected chi connectivity index (χ1v) is 12.2. The van der Waals surface area contributed by atoms with Crippen molar-refractivity contribution in [2.45, 2.75) is 106 Å². The van der Waals surface area contributed by atoms with Crippen LogP contribution in [0.5, 0.6) is 0 Å². The molecule has 0 spiro atoms. The summed E-state index contributed by atoms with van der Waals surface area (Å²) >= 11 is 0. The monoisotopic (exact) mass is 525 g/mol. The fourth-order valence-corrected chi connectivity index (χ4v) is 4.41. The predicted octanol–water partition coefficient (Wildman–Crippen LogP) is -5.74. The normalized spacial score (nSPS) is 40.6. The molecule has 8 unspecified atom stereocenters. The van der Waals surface area contributed by atoms with Crippen molar-refractivity contribution >= 4 is 5.91 Å². The molecular formula is C21H43N5O10. The van der Waals surface area contributed by atoms with Gasteiger partial charge in [-0.2, -0.15) is 0 Å². The lowest BCUT2D eigenvalue weighted by molar-refractivity contribution is -0.238. The van der Waals surface area contributed by atoms with E-state index >= 15 is 0 Å². The predicted molar refractivity (Wildman–Crippen MR) is 125 cm³/mol. The van der Waals surface area contributed by atoms with Crippen LogP contribution in [0, 0.1) is 0 Å². The summed E-state index contributed by atoms with van der Waals surface area (Å²) in [4.78, 5) is 11.9. The Bertz CT molecular complexity index is 662. The third-order valence-electron chi connectivity index (χ3n) is 6.54. The molecular weight excluding hydrogens is 482 g/mol. The summed E-state index contributed by atoms with van der Waals surface area (Å²) in [6, 6.07) is -1.37. The number of carbonyl (C=O) groups excluding carboxylic acids is 1. The van der Waals surface area contributed by atoms with Crippen molar-refractivity contribution < 1.29 is 49.6 Å². The maximum absolute atomic E-state index is 11.9. The van der Waals surface area contributed by atoms with E-state index < -0.39 is 48.8 Å². The summed E-state index contributed by atoms with van der Waals surface area (Å²) in [6.07, 6.45) is -4.67. The molecule has 1 saturated carbocycles. The van der Waals surface area contributed by atoms with Crippen LogP contribution in [0.15, 0.2) is 0 Å². The van der Waals surface area contributed by atoms with Crippen molar-refractivity contribution in [3.05, 3.63) is 0 Å². The second-order valence-electron chi connectivity index (χ2n) is 9.49. The van der Waals surface area contributed by atoms with E-state index in [1.54, 1.807) is 0 Å². The second-order valence-corrected chi connectivity index (χ2v) is 9.49. The van der Waals surface area contributed by atoms with Crippen molar-refractivity contribution in [3.63, 3.8) is 0 Å². The lowest BCUT2D eigenvalue weighted by Crippen LogP contribution is -2.62. The number of amides is 1. The van der Waals surface area contributed by atoms with Gasteiger partial charge in [-0.05, 0) is 25.7 Å². The highest BCUT2D eigenvalue weighted by Gasteiger charge is 2.41. The van der Waals surface area contributed by atoms with Gasteiger partial charge in [-0.25, -0.2) is 0 Å². The third-order valence-corrected chi connectivity index (χ3v) is 6.54. The van der Waals surface area contributed by atoms with Crippen molar-refractivity contribution in [1.82, 2.24) is 5.32 Å². The molecule has 3 fully saturated rings. The zero-order valence-corrected chi connectivity index (χ0v) is 20.2. The van der Waals surface area contributed by atoms with Gasteiger partial charge in [0.15, 0.2) is 18.7 Å². The Hall–Kier alpha value is -1.05. The minimum absolute atomic E-state index is 0.0237. The van der Waals surface area contributed by atoms with Crippen LogP contribution in [0.25, 0.3) is 0 Å². The minimum Gasteiger partial charge on any atom is -0.394 e. The van der Waals surface area contributed by atoms with Crippen LogP contribution in [0.3, 0.4) is 0 Å². The Morgan fingerprint density at radius 1 is 1.03 bits per heavy atom. The molecule has 212 valence electrons. The molecule has 2 heterocycles. The van der Waals surface area contributed by atoms with Gasteiger partial charge < -0.3 is 73.1 Å². The molecule has 15 nitrogen and oxygen atoms in total. The number of hydrogen-bond acceptors (Lipinski definition) is 14. The Morgan fingerprint density at radius 2 is 1.72 bits per heavy atom. The summed E-state index contributed by atoms with van der Waals surface area (Å²) in [5, 5.41) is 58.5. The first-order valence-electron chi connectivity index (χ1n) is 12.2. The van der Waals surface area contributed by atoms with Crippen LogP contribution >= 0.6 is 0 Å². The largest absolute Gasteiger partial charge is 0.394 e. The molecule has 0 aromatic rings. The van der Waals surface area contributed by atoms with Gasteiger partial charge in [0.2, 0.25) is 0 Å². The number of nitrogens with two attached hydrogens (primary N) is 4. The van der Waals surface area contributed by atoms with Gasteiger partial charge in [0, 0.05) is 31.6 Å². The SMILES string of the molecule is NCC(O)C(O)C(=O)NC1CC(N)CC(OC2CCC(CO)O2)C1.NC[C@@H]1O[C@H](O)[C@H](N)C(O)[C@@H]1O. The van der Waals surface area contributed by atoms with E-state index in [-0.39, 0.29) is 50.3 Å². The van der Waals surface area contributed by atoms with Gasteiger partial charge in [0.1, 0.15) is 24.4 Å². The standard InChI is InChI=1S/C15H29N3O6.C6H14N2O4/c16-6-12(20)14(21)15(22)18-9-3-8(17)4-11(5-9)24-13-2-1-10(7-19)23-13;7-1-2-4(9)5(10)3(8)6(11)12-2/h8-14,19-21H,1-7,16-17H2,(H,18,22);2-6,9-11H,1,7-8H2/t;2-,3+,4+,5?,6-/m.0/s1. The number of nitrogens with one attached hydrogen (secondary N) is 1. The van der Waals surface area contributed by atoms with Gasteiger partial charge in [-0.15, -0.1) is 0 Å². The van der Waals surface area contributed by atoms with Gasteiger partial charge >= 0.3 is 0 Å². The maximum Gasteiger partial charge on any atom is 0.251 e. The first kappa shape index (κ1) is 31.2. The molecule has 3 aliphatic rings. The average molecular weight is 526 g/mol. The molecule has 1 amide bonds. The van der Waals surface area contributed by atoms with Gasteiger partial charge in [-0.3, -0.25) is 4.79 Å². The molecule has 0 aromatic heterocycles. The topological polar surface area (TPSA) is 282 Å². The summed E-state index contributed by atoms with van der Waals surface area (Å²) < 4.78 is 16.3. The molecule has 2 aliphatic heterocycles. The van der Waals surface area contributed by atoms with Crippen molar-refractivity contribution in [2.24, 2.45) is 22.9 Å². The number of ether oxygens (including phenoxy) is 3. The summed E-state index contributed by atoms with van der Waals surface area (Å²) in [5.41, 5.74) is 21.8. The minimum atomic E-state index is -1.56. The Kier molecular flexibility index (Phi) is 12.8. The third kappa shape index (κ3) is 8.76. The number of aliphatic hydroxyl groups excluding tert-OH is 6. The second kappa shape index (κ2) is 14.8. The quantitative estimate of drug-likeness (QED) is 0.141. The van der Waals surface area contributed by atoms with Crippen LogP contribution in [0.2, 0.25) is 0 Å². The molecule has 15 heteroatoms. The molecule has 12 atom stereocenters. The Labute approximate surface area is 209 Å². The molecule has 0 aromatic carbocycles. The fraction of sp³-hybridized carbons (Fsp3) is 0.952. The van der Waals surface area contributed by atoms with Crippen LogP contribution < -0.4 is 28.3 Å². The molecule has 36 heavy (non-hydrogen) atoms. The first-order chi connectivity index (χ1) is 17.0. The van der Waals surface area contributed by atoms with E-state index in [1.807, 2.05) is 0 Å². The number of rotatable bonds is 8. The zero-order chi connectivity index (χ0) is 27.0. The fourth-order valence-electron chi connectivity index (χ4n) is 4.41. The molecule has 0 radical (unpaired) electrons. The lowest BCUT2D eigenvalue weighted by atomic mass is 9.89. The van der Waals surface area contributed by atoms with Crippen molar-refractivity contribution in [2.75, 3.05) is 19.7 Å². The van der Waals surface area contributed by atoms with Crippen LogP contribution in [-0.4, -0.2) is 130 Å². The number of carbonyl (C=O) groups is 1. The van der Waals surface area contributed by atoms with E-state index in [1.165, 1.54) is 0 Å². The van der Waals surface area contributed by atoms with Crippen molar-refractivity contribution in [3.8, 4) is 0 Å². The number of aliphatic hydroxyl groups is 6. The van der Waals surface area contributed by atoms with Gasteiger partial charge in [-0.1, -0.05) is 0 Å². The summed E-state index contributed by atoms with van der Waals surface area (Å²) in [7, 11) is 0. The highest BCUT2D eigenvalue weighted by Crippen LogP contribution is 2.27. The van der Waals surface area contributed by atoms with E-state index in [0.29, 0.717) is 19.3 Å². The highest BCUT2D eigenvalue weighted by molar-refractivity contribution is 5.81. The Balaban J connectivity index is 0.000000319. The Morgan fingerprint density at radius 3 is 2.31 bits per heavy atom. The summed E-state index contributed by atoms with van der Waals surface area (Å²) in [6.45, 7) is -0.193. The molecule has 1 aliphatic carbocycles. The van der Waals surface area contributed by atoms with Crippen molar-refractivity contribution in [1.29, 1.82) is 0 Å². The lowest BCUT2D eigenvalue weighted by Gasteiger charge is -2.38. The van der Waals surface area contributed by atoms with Gasteiger partial charge in [0.25, 0.3) is 5.91 Å². The molecule has 3 rings (SSSR count). The van der Waals surface area contributed by atoms with E-state index in [2.05, 4.69) is 5.32 Å². The van der Waals surface area contributed by atoms with E-state index in [9.17, 15) is 25.2 Å². The smallest absolute Gasteiger partial charge is 0.251 e. The van der Waals surface area contributed by atoms with Gasteiger partial charge in [0.05, 0.1) is 24.9 Å². The zero-order valence-electron chi connectivity index (χ0n) is 20.2. The van der Waals surface area contributed by atoms with Crippen LogP contribution in [-0.2, 0) is 19.0 Å². The number of hydrogen-bond donors (Lipinski definition) is 11. The maximum atomic E-state index is 11.9. The van der Waals surface area contributed by atoms with Crippen LogP contribution in [0.1, 0.15) is 32.1 Å². The van der Waals surface area contributed by atoms with Crippen LogP contribution in [0.4, 0.5) is 0 Å². The molecule has 0 bridgehead atoms. The molecule has 15 N–H and O–H groups in total. The molecule has 2 saturated heterocycles. The van der Waals surface area contributed by atoms with E-state index in [0.717, 1.165) is 12.8 Å². The summed E-state index contributed by atoms with van der Waals surface area (Å²) in [5.74, 6) is -0.664.